The lowest BCUT2D eigenvalue weighted by Crippen LogP contribution is -2.09. The van der Waals surface area contributed by atoms with Crippen LogP contribution in [0.15, 0.2) is 152 Å². The first kappa shape index (κ1) is 57.3. The molecule has 14 nitrogen and oxygen atoms in total. The highest BCUT2D eigenvalue weighted by Crippen LogP contribution is 2.18. The van der Waals surface area contributed by atoms with E-state index in [4.69, 9.17) is 63.3 Å². The van der Waals surface area contributed by atoms with Crippen molar-refractivity contribution in [1.82, 2.24) is 0 Å². The maximum atomic E-state index is 12.3. The average Bonchev–Trinajstić information content (AvgIpc) is 3.26. The SMILES string of the molecule is COc1ccccc1CC(=O)O.Cc1ccccc1CC(=O)O.O=C(O)COc1ccc(F)cc1.O=C(O)Cc1cccc(Cl)c1.O=C(O)Cc1ccccc1.O=C(O)Cc1ccccc1Cl. The van der Waals surface area contributed by atoms with Gasteiger partial charge in [-0.05, 0) is 83.3 Å². The van der Waals surface area contributed by atoms with E-state index in [1.807, 2.05) is 55.5 Å². The molecular formula is C50H49Cl2FO14. The molecule has 0 saturated carbocycles. The summed E-state index contributed by atoms with van der Waals surface area (Å²) in [5, 5.41) is 51.5. The molecule has 67 heavy (non-hydrogen) atoms. The Morgan fingerprint density at radius 1 is 0.478 bits per heavy atom. The molecule has 0 saturated heterocycles. The van der Waals surface area contributed by atoms with Gasteiger partial charge < -0.3 is 40.1 Å². The third-order valence-electron chi connectivity index (χ3n) is 8.06. The molecule has 0 heterocycles. The van der Waals surface area contributed by atoms with Crippen LogP contribution < -0.4 is 9.47 Å². The van der Waals surface area contributed by atoms with E-state index >= 15 is 0 Å². The third-order valence-corrected chi connectivity index (χ3v) is 8.66. The van der Waals surface area contributed by atoms with Crippen LogP contribution in [0.2, 0.25) is 10.0 Å². The van der Waals surface area contributed by atoms with Gasteiger partial charge in [-0.15, -0.1) is 0 Å². The van der Waals surface area contributed by atoms with Crippen LogP contribution in [0.3, 0.4) is 0 Å². The van der Waals surface area contributed by atoms with Crippen molar-refractivity contribution in [2.75, 3.05) is 13.7 Å². The monoisotopic (exact) mass is 962 g/mol. The molecule has 17 heteroatoms. The molecule has 6 aromatic carbocycles. The summed E-state index contributed by atoms with van der Waals surface area (Å²) in [6.45, 7) is 1.50. The molecule has 0 aliphatic rings. The van der Waals surface area contributed by atoms with Crippen molar-refractivity contribution in [1.29, 1.82) is 0 Å². The number of carboxylic acid groups (broad SMARTS) is 6. The summed E-state index contributed by atoms with van der Waals surface area (Å²) in [4.78, 5) is 61.4. The molecule has 6 rings (SSSR count). The van der Waals surface area contributed by atoms with Gasteiger partial charge in [0.2, 0.25) is 0 Å². The van der Waals surface area contributed by atoms with Crippen LogP contribution in [0.5, 0.6) is 11.5 Å². The maximum Gasteiger partial charge on any atom is 0.341 e. The number of methoxy groups -OCH3 is 1. The van der Waals surface area contributed by atoms with Crippen LogP contribution >= 0.6 is 23.2 Å². The largest absolute Gasteiger partial charge is 0.496 e. The van der Waals surface area contributed by atoms with Gasteiger partial charge in [0.25, 0.3) is 0 Å². The van der Waals surface area contributed by atoms with Crippen LogP contribution in [0, 0.1) is 12.7 Å². The lowest BCUT2D eigenvalue weighted by Gasteiger charge is -2.04. The first-order valence-corrected chi connectivity index (χ1v) is 20.4. The second-order valence-corrected chi connectivity index (χ2v) is 14.3. The van der Waals surface area contributed by atoms with E-state index < -0.39 is 42.4 Å². The van der Waals surface area contributed by atoms with E-state index in [2.05, 4.69) is 0 Å². The Morgan fingerprint density at radius 3 is 1.43 bits per heavy atom. The summed E-state index contributed by atoms with van der Waals surface area (Å²) < 4.78 is 22.1. The number of aliphatic carboxylic acids is 6. The van der Waals surface area contributed by atoms with Crippen LogP contribution in [-0.4, -0.2) is 80.2 Å². The van der Waals surface area contributed by atoms with Crippen molar-refractivity contribution in [3.63, 3.8) is 0 Å². The number of carbonyl (C=O) groups is 6. The number of para-hydroxylation sites is 1. The molecule has 354 valence electrons. The number of carboxylic acids is 6. The molecule has 0 aliphatic heterocycles. The smallest absolute Gasteiger partial charge is 0.341 e. The van der Waals surface area contributed by atoms with Gasteiger partial charge in [0, 0.05) is 15.6 Å². The van der Waals surface area contributed by atoms with E-state index in [1.165, 1.54) is 31.4 Å². The van der Waals surface area contributed by atoms with Crippen molar-refractivity contribution in [3.8, 4) is 11.5 Å². The molecule has 0 spiro atoms. The summed E-state index contributed by atoms with van der Waals surface area (Å²) >= 11 is 11.3. The Hall–Kier alpha value is -7.75. The summed E-state index contributed by atoms with van der Waals surface area (Å²) in [5.41, 5.74) is 4.85. The minimum atomic E-state index is -1.06. The molecule has 0 atom stereocenters. The second-order valence-electron chi connectivity index (χ2n) is 13.4. The normalized spacial score (nSPS) is 9.45. The Morgan fingerprint density at radius 2 is 0.925 bits per heavy atom. The second kappa shape index (κ2) is 32.8. The van der Waals surface area contributed by atoms with Crippen LogP contribution in [-0.2, 0) is 60.9 Å². The van der Waals surface area contributed by atoms with Gasteiger partial charge in [0.1, 0.15) is 17.3 Å². The standard InChI is InChI=1S/C9H10O3.C9H10O2.2C8H7ClO2.C8H7FO3.C8H8O2/c1-12-8-5-3-2-4-7(8)6-9(10)11;1-7-4-2-3-5-8(7)6-9(10)11;9-7-3-1-2-6(4-7)5-8(10)11;9-7-4-2-1-3-6(7)5-8(10)11;9-6-1-3-7(4-2-6)12-5-8(10)11;9-8(10)6-7-4-2-1-3-5-7/h2-5H,6H2,1H3,(H,10,11);2-5H,6H2,1H3,(H,10,11);2*1-4H,5H2,(H,10,11);1-4H,5H2,(H,10,11);1-5H,6H2,(H,9,10). The number of aryl methyl sites for hydroxylation is 1. The van der Waals surface area contributed by atoms with Crippen LogP contribution in [0.4, 0.5) is 4.39 Å². The Kier molecular flexibility index (Phi) is 28.1. The third kappa shape index (κ3) is 28.6. The molecular weight excluding hydrogens is 914 g/mol. The zero-order chi connectivity index (χ0) is 50.1. The minimum absolute atomic E-state index is 0.00398. The number of ether oxygens (including phenoxy) is 2. The van der Waals surface area contributed by atoms with E-state index in [0.29, 0.717) is 32.7 Å². The van der Waals surface area contributed by atoms with Crippen LogP contribution in [0.1, 0.15) is 33.4 Å². The van der Waals surface area contributed by atoms with E-state index in [1.54, 1.807) is 78.9 Å². The number of hydrogen-bond acceptors (Lipinski definition) is 8. The molecule has 0 fully saturated rings. The van der Waals surface area contributed by atoms with Crippen molar-refractivity contribution >= 4 is 59.0 Å². The van der Waals surface area contributed by atoms with E-state index in [0.717, 1.165) is 22.3 Å². The molecule has 0 aliphatic carbocycles. The maximum absolute atomic E-state index is 12.3. The Labute approximate surface area is 396 Å². The molecule has 6 aromatic rings. The summed E-state index contributed by atoms with van der Waals surface area (Å²) in [5.74, 6) is -4.58. The molecule has 0 radical (unpaired) electrons. The highest BCUT2D eigenvalue weighted by Gasteiger charge is 2.06. The first-order valence-electron chi connectivity index (χ1n) is 19.7. The van der Waals surface area contributed by atoms with Crippen molar-refractivity contribution in [2.45, 2.75) is 39.0 Å². The number of hydrogen-bond donors (Lipinski definition) is 6. The molecule has 0 unspecified atom stereocenters. The van der Waals surface area contributed by atoms with Crippen molar-refractivity contribution < 1.29 is 73.3 Å². The fourth-order valence-corrected chi connectivity index (χ4v) is 5.47. The van der Waals surface area contributed by atoms with Gasteiger partial charge in [-0.2, -0.15) is 0 Å². The van der Waals surface area contributed by atoms with Crippen LogP contribution in [0.25, 0.3) is 0 Å². The lowest BCUT2D eigenvalue weighted by atomic mass is 10.1. The highest BCUT2D eigenvalue weighted by atomic mass is 35.5. The van der Waals surface area contributed by atoms with Gasteiger partial charge in [-0.25, -0.2) is 9.18 Å². The van der Waals surface area contributed by atoms with Gasteiger partial charge in [-0.3, -0.25) is 24.0 Å². The number of halogens is 3. The fraction of sp³-hybridized carbons (Fsp3) is 0.160. The Bertz CT molecular complexity index is 2410. The quantitative estimate of drug-likeness (QED) is 0.0596. The van der Waals surface area contributed by atoms with Crippen molar-refractivity contribution in [2.24, 2.45) is 0 Å². The molecule has 6 N–H and O–H groups in total. The molecule has 0 aromatic heterocycles. The van der Waals surface area contributed by atoms with Gasteiger partial charge in [0.05, 0.1) is 39.2 Å². The average molecular weight is 964 g/mol. The molecule has 0 bridgehead atoms. The zero-order valence-corrected chi connectivity index (χ0v) is 37.8. The lowest BCUT2D eigenvalue weighted by molar-refractivity contribution is -0.139. The topological polar surface area (TPSA) is 242 Å². The predicted molar refractivity (Wildman–Crippen MR) is 250 cm³/mol. The van der Waals surface area contributed by atoms with Gasteiger partial charge >= 0.3 is 35.8 Å². The van der Waals surface area contributed by atoms with E-state index in [9.17, 15) is 33.2 Å². The summed E-state index contributed by atoms with van der Waals surface area (Å²) in [7, 11) is 1.53. The summed E-state index contributed by atoms with van der Waals surface area (Å²) in [6, 6.07) is 42.6. The van der Waals surface area contributed by atoms with Gasteiger partial charge in [-0.1, -0.05) is 126 Å². The highest BCUT2D eigenvalue weighted by molar-refractivity contribution is 6.31. The van der Waals surface area contributed by atoms with Crippen molar-refractivity contribution in [3.05, 3.63) is 201 Å². The zero-order valence-electron chi connectivity index (χ0n) is 36.3. The fourth-order valence-electron chi connectivity index (χ4n) is 5.06. The number of rotatable bonds is 14. The predicted octanol–water partition coefficient (Wildman–Crippen LogP) is 9.48. The van der Waals surface area contributed by atoms with Gasteiger partial charge in [0.15, 0.2) is 6.61 Å². The Balaban J connectivity index is 0.000000402. The summed E-state index contributed by atoms with van der Waals surface area (Å²) in [6.07, 6.45) is 0.248. The number of benzene rings is 6. The molecule has 0 amide bonds. The first-order chi connectivity index (χ1) is 31.8. The van der Waals surface area contributed by atoms with E-state index in [-0.39, 0.29) is 37.9 Å². The minimum Gasteiger partial charge on any atom is -0.496 e.